The van der Waals surface area contributed by atoms with Gasteiger partial charge in [0.2, 0.25) is 0 Å². The normalized spacial score (nSPS) is 14.5. The molecular formula is C22H44F3LiO7P. The van der Waals surface area contributed by atoms with Crippen LogP contribution in [0.15, 0.2) is 0 Å². The van der Waals surface area contributed by atoms with Crippen LogP contribution in [0.4, 0.5) is 13.2 Å². The van der Waals surface area contributed by atoms with E-state index in [1.165, 1.54) is 70.6 Å². The Morgan fingerprint density at radius 2 is 1.24 bits per heavy atom. The molecule has 0 bridgehead atoms. The SMILES string of the molecule is CCCCCCCCCCCCCCCCOCC(COCC(F)(F)F)OP(=O)(O)OCO.[Li]. The maximum Gasteiger partial charge on any atom is 0.474 e. The zero-order valence-electron chi connectivity index (χ0n) is 21.0. The van der Waals surface area contributed by atoms with Crippen LogP contribution in [0.1, 0.15) is 96.8 Å². The van der Waals surface area contributed by atoms with Crippen LogP contribution in [0.25, 0.3) is 0 Å². The van der Waals surface area contributed by atoms with E-state index < -0.39 is 40.1 Å². The fraction of sp³-hybridized carbons (Fsp3) is 1.00. The fourth-order valence-corrected chi connectivity index (χ4v) is 4.03. The molecular weight excluding hydrogens is 471 g/mol. The topological polar surface area (TPSA) is 94.5 Å². The van der Waals surface area contributed by atoms with E-state index in [0.717, 1.165) is 19.3 Å². The first-order valence-electron chi connectivity index (χ1n) is 12.2. The van der Waals surface area contributed by atoms with Crippen molar-refractivity contribution in [2.24, 2.45) is 0 Å². The average Bonchev–Trinajstić information content (AvgIpc) is 2.72. The van der Waals surface area contributed by atoms with Gasteiger partial charge in [-0.05, 0) is 6.42 Å². The van der Waals surface area contributed by atoms with E-state index in [9.17, 15) is 22.6 Å². The molecule has 201 valence electrons. The molecule has 2 atom stereocenters. The summed E-state index contributed by atoms with van der Waals surface area (Å²) in [6, 6.07) is 0. The fourth-order valence-electron chi connectivity index (χ4n) is 3.32. The summed E-state index contributed by atoms with van der Waals surface area (Å²) in [6.07, 6.45) is 11.4. The van der Waals surface area contributed by atoms with Crippen molar-refractivity contribution in [3.8, 4) is 0 Å². The molecule has 2 unspecified atom stereocenters. The van der Waals surface area contributed by atoms with Gasteiger partial charge in [0.25, 0.3) is 0 Å². The summed E-state index contributed by atoms with van der Waals surface area (Å²) in [4.78, 5) is 9.40. The number of phosphoric acid groups is 1. The van der Waals surface area contributed by atoms with Gasteiger partial charge in [-0.1, -0.05) is 90.4 Å². The molecule has 0 heterocycles. The molecule has 0 saturated carbocycles. The van der Waals surface area contributed by atoms with Crippen molar-refractivity contribution < 1.29 is 46.3 Å². The van der Waals surface area contributed by atoms with E-state index in [1.54, 1.807) is 0 Å². The van der Waals surface area contributed by atoms with Gasteiger partial charge in [-0.3, -0.25) is 9.05 Å². The molecule has 0 spiro atoms. The van der Waals surface area contributed by atoms with Crippen LogP contribution in [-0.2, 0) is 23.1 Å². The number of hydrogen-bond acceptors (Lipinski definition) is 6. The standard InChI is InChI=1S/C22H44F3O7P.Li/c1-2-3-4-5-6-7-8-9-10-11-12-13-14-15-16-29-17-21(18-30-19-22(23,24)25)32-33(27,28)31-20-26;/h21,26H,2-20H2,1H3,(H,27,28);. The smallest absolute Gasteiger partial charge is 0.379 e. The molecule has 0 aromatic rings. The number of alkyl halides is 3. The van der Waals surface area contributed by atoms with Gasteiger partial charge < -0.3 is 19.5 Å². The number of halogens is 3. The first-order chi connectivity index (χ1) is 15.7. The molecule has 0 aliphatic rings. The van der Waals surface area contributed by atoms with Gasteiger partial charge in [-0.15, -0.1) is 0 Å². The van der Waals surface area contributed by atoms with Crippen molar-refractivity contribution in [1.82, 2.24) is 0 Å². The van der Waals surface area contributed by atoms with Crippen LogP contribution < -0.4 is 0 Å². The second-order valence-corrected chi connectivity index (χ2v) is 9.66. The Balaban J connectivity index is 0. The van der Waals surface area contributed by atoms with Gasteiger partial charge in [0.15, 0.2) is 6.79 Å². The van der Waals surface area contributed by atoms with Crippen LogP contribution in [0.2, 0.25) is 0 Å². The first kappa shape index (κ1) is 36.5. The molecule has 0 aromatic heterocycles. The largest absolute Gasteiger partial charge is 0.474 e. The number of aliphatic hydroxyl groups is 1. The molecule has 7 nitrogen and oxygen atoms in total. The Kier molecular flexibility index (Phi) is 25.5. The number of aliphatic hydroxyl groups excluding tert-OH is 1. The number of ether oxygens (including phenoxy) is 2. The third-order valence-corrected chi connectivity index (χ3v) is 6.02. The molecule has 2 N–H and O–H groups in total. The molecule has 0 aromatic carbocycles. The molecule has 34 heavy (non-hydrogen) atoms. The Bertz CT molecular complexity index is 488. The monoisotopic (exact) mass is 515 g/mol. The van der Waals surface area contributed by atoms with Crippen LogP contribution >= 0.6 is 7.82 Å². The summed E-state index contributed by atoms with van der Waals surface area (Å²) in [6.45, 7) is -0.818. The zero-order chi connectivity index (χ0) is 24.8. The quantitative estimate of drug-likeness (QED) is 0.0691. The van der Waals surface area contributed by atoms with Gasteiger partial charge in [0, 0.05) is 25.5 Å². The minimum Gasteiger partial charge on any atom is -0.379 e. The van der Waals surface area contributed by atoms with Gasteiger partial charge in [-0.2, -0.15) is 13.2 Å². The summed E-state index contributed by atoms with van der Waals surface area (Å²) in [7, 11) is -4.61. The molecule has 0 saturated heterocycles. The third kappa shape index (κ3) is 27.0. The van der Waals surface area contributed by atoms with Gasteiger partial charge in [0.1, 0.15) is 12.7 Å². The van der Waals surface area contributed by atoms with Gasteiger partial charge in [-0.25, -0.2) is 4.57 Å². The van der Waals surface area contributed by atoms with E-state index in [0.29, 0.717) is 6.61 Å². The van der Waals surface area contributed by atoms with Crippen molar-refractivity contribution in [3.63, 3.8) is 0 Å². The Morgan fingerprint density at radius 1 is 0.794 bits per heavy atom. The summed E-state index contributed by atoms with van der Waals surface area (Å²) < 4.78 is 67.0. The second kappa shape index (κ2) is 23.8. The predicted octanol–water partition coefficient (Wildman–Crippen LogP) is 6.13. The van der Waals surface area contributed by atoms with Crippen LogP contribution in [0.3, 0.4) is 0 Å². The average molecular weight is 515 g/mol. The van der Waals surface area contributed by atoms with Gasteiger partial charge in [0.05, 0.1) is 13.2 Å². The van der Waals surface area contributed by atoms with Crippen LogP contribution in [0.5, 0.6) is 0 Å². The van der Waals surface area contributed by atoms with Crippen molar-refractivity contribution >= 4 is 26.7 Å². The molecule has 1 radical (unpaired) electrons. The summed E-state index contributed by atoms with van der Waals surface area (Å²) >= 11 is 0. The molecule has 0 aliphatic heterocycles. The summed E-state index contributed by atoms with van der Waals surface area (Å²) in [5.74, 6) is 0. The van der Waals surface area contributed by atoms with Crippen molar-refractivity contribution in [2.75, 3.05) is 33.2 Å². The second-order valence-electron chi connectivity index (χ2n) is 8.26. The maximum absolute atomic E-state index is 12.2. The first-order valence-corrected chi connectivity index (χ1v) is 13.7. The van der Waals surface area contributed by atoms with Crippen molar-refractivity contribution in [2.45, 2.75) is 109 Å². The van der Waals surface area contributed by atoms with E-state index in [1.807, 2.05) is 0 Å². The Hall–Kier alpha value is 0.377. The van der Waals surface area contributed by atoms with E-state index in [-0.39, 0.29) is 25.5 Å². The van der Waals surface area contributed by atoms with Crippen LogP contribution in [0, 0.1) is 0 Å². The van der Waals surface area contributed by atoms with Crippen molar-refractivity contribution in [3.05, 3.63) is 0 Å². The predicted molar refractivity (Wildman–Crippen MR) is 127 cm³/mol. The maximum atomic E-state index is 12.2. The van der Waals surface area contributed by atoms with E-state index in [4.69, 9.17) is 14.4 Å². The molecule has 0 aliphatic carbocycles. The Labute approximate surface area is 215 Å². The number of phosphoric ester groups is 1. The molecule has 0 fully saturated rings. The van der Waals surface area contributed by atoms with Crippen molar-refractivity contribution in [1.29, 1.82) is 0 Å². The number of unbranched alkanes of at least 4 members (excludes halogenated alkanes) is 13. The molecule has 12 heteroatoms. The molecule has 0 amide bonds. The number of rotatable bonds is 24. The Morgan fingerprint density at radius 3 is 1.68 bits per heavy atom. The van der Waals surface area contributed by atoms with E-state index >= 15 is 0 Å². The summed E-state index contributed by atoms with van der Waals surface area (Å²) in [5.41, 5.74) is 0. The summed E-state index contributed by atoms with van der Waals surface area (Å²) in [5, 5.41) is 8.58. The minimum absolute atomic E-state index is 0. The number of hydrogen-bond donors (Lipinski definition) is 2. The van der Waals surface area contributed by atoms with Crippen LogP contribution in [-0.4, -0.2) is 74.4 Å². The molecule has 0 rings (SSSR count). The van der Waals surface area contributed by atoms with Gasteiger partial charge >= 0.3 is 14.0 Å². The zero-order valence-corrected chi connectivity index (χ0v) is 21.9. The third-order valence-electron chi connectivity index (χ3n) is 5.02. The minimum atomic E-state index is -4.61. The van der Waals surface area contributed by atoms with E-state index in [2.05, 4.69) is 16.2 Å².